The number of anilines is 1. The van der Waals surface area contributed by atoms with Gasteiger partial charge in [0, 0.05) is 23.7 Å². The normalized spacial score (nSPS) is 11.1. The molecule has 0 spiro atoms. The highest BCUT2D eigenvalue weighted by Gasteiger charge is 2.20. The highest BCUT2D eigenvalue weighted by molar-refractivity contribution is 5.89. The predicted octanol–water partition coefficient (Wildman–Crippen LogP) is 4.05. The number of furan rings is 1. The molecule has 0 aliphatic carbocycles. The van der Waals surface area contributed by atoms with Crippen molar-refractivity contribution in [2.24, 2.45) is 0 Å². The summed E-state index contributed by atoms with van der Waals surface area (Å²) in [6.45, 7) is 5.56. The van der Waals surface area contributed by atoms with Crippen LogP contribution in [-0.2, 0) is 16.0 Å². The molecule has 0 aliphatic rings. The third kappa shape index (κ3) is 6.57. The van der Waals surface area contributed by atoms with Crippen LogP contribution in [0, 0.1) is 20.8 Å². The second-order valence-electron chi connectivity index (χ2n) is 6.60. The highest BCUT2D eigenvalue weighted by Crippen LogP contribution is 2.25. The molecule has 0 aliphatic heterocycles. The molecular weight excluding hydrogens is 370 g/mol. The molecule has 152 valence electrons. The largest absolute Gasteiger partial charge is 0.483 e. The second kappa shape index (κ2) is 10.8. The smallest absolute Gasteiger partial charge is 0.290 e. The molecule has 7 heteroatoms. The topological polar surface area (TPSA) is 105 Å². The number of hydrogen-bond acceptors (Lipinski definition) is 5. The van der Waals surface area contributed by atoms with Crippen LogP contribution in [0.5, 0.6) is 0 Å². The Morgan fingerprint density at radius 2 is 1.72 bits per heavy atom. The number of aryl methyl sites for hydroxylation is 2. The van der Waals surface area contributed by atoms with Gasteiger partial charge < -0.3 is 9.52 Å². The molecule has 7 nitrogen and oxygen atoms in total. The van der Waals surface area contributed by atoms with Crippen LogP contribution in [0.1, 0.15) is 40.6 Å². The van der Waals surface area contributed by atoms with Crippen molar-refractivity contribution in [3.05, 3.63) is 77.0 Å². The fraction of sp³-hybridized carbons (Fsp3) is 0.273. The summed E-state index contributed by atoms with van der Waals surface area (Å²) in [4.78, 5) is 29.7. The number of hydrogen-bond donors (Lipinski definition) is 2. The van der Waals surface area contributed by atoms with Gasteiger partial charge >= 0.3 is 0 Å². The molecule has 2 aromatic heterocycles. The van der Waals surface area contributed by atoms with Crippen LogP contribution in [0.15, 0.2) is 53.1 Å². The number of aromatic nitrogens is 2. The van der Waals surface area contributed by atoms with Gasteiger partial charge in [-0.15, -0.1) is 0 Å². The van der Waals surface area contributed by atoms with Gasteiger partial charge in [0.1, 0.15) is 5.76 Å². The van der Waals surface area contributed by atoms with Crippen molar-refractivity contribution in [2.75, 3.05) is 5.32 Å². The molecular formula is C22H25N3O4. The van der Waals surface area contributed by atoms with Crippen molar-refractivity contribution < 1.29 is 19.1 Å². The van der Waals surface area contributed by atoms with Gasteiger partial charge in [0.05, 0.1) is 6.26 Å². The first kappa shape index (κ1) is 21.8. The Labute approximate surface area is 169 Å². The molecule has 1 amide bonds. The van der Waals surface area contributed by atoms with Crippen LogP contribution >= 0.6 is 0 Å². The minimum atomic E-state index is -0.250. The SMILES string of the molecule is Cc1nc(NC(=O)CC(Cc2ccccc2)c2ccco2)nc(C)c1C.O=CO. The number of carbonyl (C=O) groups excluding carboxylic acids is 1. The van der Waals surface area contributed by atoms with Crippen molar-refractivity contribution in [3.8, 4) is 0 Å². The van der Waals surface area contributed by atoms with Crippen molar-refractivity contribution in [1.29, 1.82) is 0 Å². The summed E-state index contributed by atoms with van der Waals surface area (Å²) in [5, 5.41) is 9.72. The lowest BCUT2D eigenvalue weighted by atomic mass is 9.93. The van der Waals surface area contributed by atoms with E-state index in [2.05, 4.69) is 27.4 Å². The average Bonchev–Trinajstić information content (AvgIpc) is 3.22. The maximum absolute atomic E-state index is 12.6. The van der Waals surface area contributed by atoms with Crippen LogP contribution < -0.4 is 5.32 Å². The van der Waals surface area contributed by atoms with E-state index in [1.165, 1.54) is 5.56 Å². The van der Waals surface area contributed by atoms with E-state index in [0.29, 0.717) is 12.4 Å². The number of amides is 1. The highest BCUT2D eigenvalue weighted by atomic mass is 16.3. The Kier molecular flexibility index (Phi) is 8.09. The van der Waals surface area contributed by atoms with Gasteiger partial charge in [0.2, 0.25) is 11.9 Å². The second-order valence-corrected chi connectivity index (χ2v) is 6.60. The third-order valence-corrected chi connectivity index (χ3v) is 4.59. The summed E-state index contributed by atoms with van der Waals surface area (Å²) >= 11 is 0. The lowest BCUT2D eigenvalue weighted by molar-refractivity contribution is -0.123. The van der Waals surface area contributed by atoms with E-state index < -0.39 is 0 Å². The molecule has 0 fully saturated rings. The summed E-state index contributed by atoms with van der Waals surface area (Å²) in [5.41, 5.74) is 3.96. The average molecular weight is 395 g/mol. The molecule has 3 rings (SSSR count). The number of carbonyl (C=O) groups is 2. The molecule has 29 heavy (non-hydrogen) atoms. The molecule has 0 saturated heterocycles. The maximum Gasteiger partial charge on any atom is 0.290 e. The Morgan fingerprint density at radius 1 is 1.10 bits per heavy atom. The van der Waals surface area contributed by atoms with Gasteiger partial charge in [-0.05, 0) is 50.5 Å². The molecule has 3 aromatic rings. The van der Waals surface area contributed by atoms with Gasteiger partial charge in [-0.1, -0.05) is 30.3 Å². The van der Waals surface area contributed by atoms with E-state index in [1.807, 2.05) is 51.1 Å². The zero-order chi connectivity index (χ0) is 21.2. The van der Waals surface area contributed by atoms with Gasteiger partial charge in [0.15, 0.2) is 0 Å². The van der Waals surface area contributed by atoms with E-state index >= 15 is 0 Å². The minimum absolute atomic E-state index is 0.0416. The number of nitrogens with one attached hydrogen (secondary N) is 1. The first-order valence-corrected chi connectivity index (χ1v) is 9.21. The van der Waals surface area contributed by atoms with E-state index in [9.17, 15) is 4.79 Å². The van der Waals surface area contributed by atoms with Crippen molar-refractivity contribution in [1.82, 2.24) is 9.97 Å². The van der Waals surface area contributed by atoms with Crippen molar-refractivity contribution >= 4 is 18.3 Å². The Balaban J connectivity index is 0.000000941. The Morgan fingerprint density at radius 3 is 2.28 bits per heavy atom. The minimum Gasteiger partial charge on any atom is -0.483 e. The van der Waals surface area contributed by atoms with Crippen LogP contribution in [0.4, 0.5) is 5.95 Å². The standard InChI is InChI=1S/C21H23N3O2.CH2O2/c1-14-15(2)22-21(23-16(14)3)24-20(25)13-18(19-10-7-11-26-19)12-17-8-5-4-6-9-17;2-1-3/h4-11,18H,12-13H2,1-3H3,(H,22,23,24,25);1H,(H,2,3). The molecule has 0 radical (unpaired) electrons. The zero-order valence-corrected chi connectivity index (χ0v) is 16.8. The monoisotopic (exact) mass is 395 g/mol. The summed E-state index contributed by atoms with van der Waals surface area (Å²) in [6.07, 6.45) is 2.67. The van der Waals surface area contributed by atoms with Crippen LogP contribution in [0.2, 0.25) is 0 Å². The van der Waals surface area contributed by atoms with Crippen molar-refractivity contribution in [3.63, 3.8) is 0 Å². The van der Waals surface area contributed by atoms with Gasteiger partial charge in [-0.25, -0.2) is 9.97 Å². The zero-order valence-electron chi connectivity index (χ0n) is 16.8. The first-order chi connectivity index (χ1) is 13.9. The van der Waals surface area contributed by atoms with Gasteiger partial charge in [-0.3, -0.25) is 14.9 Å². The predicted molar refractivity (Wildman–Crippen MR) is 110 cm³/mol. The number of nitrogens with zero attached hydrogens (tertiary/aromatic N) is 2. The summed E-state index contributed by atoms with van der Waals surface area (Å²) in [5.74, 6) is 1.000. The summed E-state index contributed by atoms with van der Waals surface area (Å²) in [7, 11) is 0. The van der Waals surface area contributed by atoms with E-state index in [-0.39, 0.29) is 18.3 Å². The molecule has 2 N–H and O–H groups in total. The summed E-state index contributed by atoms with van der Waals surface area (Å²) in [6, 6.07) is 13.9. The van der Waals surface area contributed by atoms with Gasteiger partial charge in [0.25, 0.3) is 6.47 Å². The molecule has 1 aromatic carbocycles. The van der Waals surface area contributed by atoms with Crippen molar-refractivity contribution in [2.45, 2.75) is 39.5 Å². The first-order valence-electron chi connectivity index (χ1n) is 9.21. The lowest BCUT2D eigenvalue weighted by Gasteiger charge is -2.15. The lowest BCUT2D eigenvalue weighted by Crippen LogP contribution is -2.19. The van der Waals surface area contributed by atoms with Crippen LogP contribution in [-0.4, -0.2) is 27.5 Å². The number of rotatable bonds is 6. The van der Waals surface area contributed by atoms with Crippen LogP contribution in [0.3, 0.4) is 0 Å². The van der Waals surface area contributed by atoms with E-state index in [4.69, 9.17) is 14.3 Å². The molecule has 0 bridgehead atoms. The fourth-order valence-corrected chi connectivity index (χ4v) is 2.92. The number of carboxylic acid groups (broad SMARTS) is 1. The van der Waals surface area contributed by atoms with E-state index in [1.54, 1.807) is 6.26 Å². The quantitative estimate of drug-likeness (QED) is 0.610. The molecule has 0 saturated carbocycles. The third-order valence-electron chi connectivity index (χ3n) is 4.59. The van der Waals surface area contributed by atoms with Gasteiger partial charge in [-0.2, -0.15) is 0 Å². The van der Waals surface area contributed by atoms with E-state index in [0.717, 1.165) is 29.1 Å². The summed E-state index contributed by atoms with van der Waals surface area (Å²) < 4.78 is 5.56. The fourth-order valence-electron chi connectivity index (χ4n) is 2.92. The molecule has 1 atom stereocenters. The Bertz CT molecular complexity index is 901. The number of benzene rings is 1. The molecule has 2 heterocycles. The maximum atomic E-state index is 12.6. The molecule has 1 unspecified atom stereocenters. The van der Waals surface area contributed by atoms with Crippen LogP contribution in [0.25, 0.3) is 0 Å². The Hall–Kier alpha value is -3.48.